The third-order valence-corrected chi connectivity index (χ3v) is 3.13. The van der Waals surface area contributed by atoms with Crippen molar-refractivity contribution < 1.29 is 19.1 Å². The Kier molecular flexibility index (Phi) is 4.93. The fourth-order valence-corrected chi connectivity index (χ4v) is 1.93. The van der Waals surface area contributed by atoms with Gasteiger partial charge in [0.05, 0.1) is 12.5 Å². The summed E-state index contributed by atoms with van der Waals surface area (Å²) in [6.45, 7) is 2.44. The van der Waals surface area contributed by atoms with Crippen LogP contribution in [0.4, 0.5) is 0 Å². The molecule has 1 fully saturated rings. The van der Waals surface area contributed by atoms with Crippen molar-refractivity contribution >= 4 is 11.9 Å². The summed E-state index contributed by atoms with van der Waals surface area (Å²) < 4.78 is 10.0. The van der Waals surface area contributed by atoms with Crippen LogP contribution in [-0.2, 0) is 25.7 Å². The molecular weight excluding hydrogens is 256 g/mol. The van der Waals surface area contributed by atoms with Crippen molar-refractivity contribution in [3.63, 3.8) is 0 Å². The third kappa shape index (κ3) is 4.23. The Morgan fingerprint density at radius 1 is 1.25 bits per heavy atom. The fraction of sp³-hybridized carbons (Fsp3) is 0.375. The molecule has 0 aliphatic heterocycles. The summed E-state index contributed by atoms with van der Waals surface area (Å²) in [5.74, 6) is -0.547. The number of hydrogen-bond acceptors (Lipinski definition) is 4. The molecule has 0 saturated heterocycles. The van der Waals surface area contributed by atoms with Crippen LogP contribution in [0, 0.1) is 11.8 Å². The number of allylic oxidation sites excluding steroid dienone is 1. The number of esters is 2. The summed E-state index contributed by atoms with van der Waals surface area (Å²) in [6, 6.07) is 9.50. The van der Waals surface area contributed by atoms with E-state index in [-0.39, 0.29) is 30.4 Å². The lowest BCUT2D eigenvalue weighted by atomic mass is 10.2. The Balaban J connectivity index is 1.70. The molecule has 0 N–H and O–H groups in total. The summed E-state index contributed by atoms with van der Waals surface area (Å²) in [6.07, 6.45) is 3.88. The van der Waals surface area contributed by atoms with E-state index in [9.17, 15) is 9.59 Å². The lowest BCUT2D eigenvalue weighted by molar-refractivity contribution is -0.145. The van der Waals surface area contributed by atoms with Gasteiger partial charge in [-0.2, -0.15) is 0 Å². The molecular formula is C16H18O4. The minimum atomic E-state index is -0.386. The molecule has 0 amide bonds. The summed E-state index contributed by atoms with van der Waals surface area (Å²) in [5, 5.41) is 0. The molecule has 4 heteroatoms. The van der Waals surface area contributed by atoms with Gasteiger partial charge in [-0.3, -0.25) is 4.79 Å². The quantitative estimate of drug-likeness (QED) is 0.590. The van der Waals surface area contributed by atoms with Crippen molar-refractivity contribution in [1.82, 2.24) is 0 Å². The standard InChI is InChI=1S/C16H18O4/c1-2-19-16(18)14-10-13(14)8-9-15(17)20-11-12-6-4-3-5-7-12/h3-9,13-14H,2,10-11H2,1H3/b9-8+. The Labute approximate surface area is 118 Å². The molecule has 0 spiro atoms. The van der Waals surface area contributed by atoms with E-state index in [4.69, 9.17) is 9.47 Å². The molecule has 0 radical (unpaired) electrons. The Morgan fingerprint density at radius 2 is 2.00 bits per heavy atom. The van der Waals surface area contributed by atoms with Crippen LogP contribution in [0.3, 0.4) is 0 Å². The van der Waals surface area contributed by atoms with Gasteiger partial charge in [0.25, 0.3) is 0 Å². The predicted octanol–water partition coefficient (Wildman–Crippen LogP) is 2.49. The zero-order valence-electron chi connectivity index (χ0n) is 11.5. The first kappa shape index (κ1) is 14.3. The minimum Gasteiger partial charge on any atom is -0.466 e. The second-order valence-electron chi connectivity index (χ2n) is 4.71. The molecule has 0 aromatic heterocycles. The molecule has 0 heterocycles. The van der Waals surface area contributed by atoms with E-state index in [0.29, 0.717) is 6.61 Å². The van der Waals surface area contributed by atoms with Crippen molar-refractivity contribution in [1.29, 1.82) is 0 Å². The van der Waals surface area contributed by atoms with Crippen LogP contribution in [0.2, 0.25) is 0 Å². The van der Waals surface area contributed by atoms with Gasteiger partial charge < -0.3 is 9.47 Å². The number of carbonyl (C=O) groups excluding carboxylic acids is 2. The van der Waals surface area contributed by atoms with Crippen molar-refractivity contribution in [3.05, 3.63) is 48.0 Å². The summed E-state index contributed by atoms with van der Waals surface area (Å²) in [4.78, 5) is 22.9. The zero-order chi connectivity index (χ0) is 14.4. The average Bonchev–Trinajstić information content (AvgIpc) is 3.24. The minimum absolute atomic E-state index is 0.0897. The van der Waals surface area contributed by atoms with Crippen molar-refractivity contribution in [2.45, 2.75) is 20.0 Å². The molecule has 2 rings (SSSR count). The molecule has 4 nitrogen and oxygen atoms in total. The van der Waals surface area contributed by atoms with Gasteiger partial charge in [-0.1, -0.05) is 36.4 Å². The Bertz CT molecular complexity index is 492. The van der Waals surface area contributed by atoms with E-state index in [1.54, 1.807) is 13.0 Å². The monoisotopic (exact) mass is 274 g/mol. The number of ether oxygens (including phenoxy) is 2. The molecule has 20 heavy (non-hydrogen) atoms. The van der Waals surface area contributed by atoms with Crippen molar-refractivity contribution in [2.75, 3.05) is 6.61 Å². The van der Waals surface area contributed by atoms with Gasteiger partial charge in [0, 0.05) is 6.08 Å². The first-order valence-electron chi connectivity index (χ1n) is 6.76. The van der Waals surface area contributed by atoms with E-state index < -0.39 is 0 Å². The van der Waals surface area contributed by atoms with Crippen molar-refractivity contribution in [2.24, 2.45) is 11.8 Å². The summed E-state index contributed by atoms with van der Waals surface area (Å²) in [5.41, 5.74) is 0.949. The summed E-state index contributed by atoms with van der Waals surface area (Å²) in [7, 11) is 0. The molecule has 106 valence electrons. The highest BCUT2D eigenvalue weighted by Crippen LogP contribution is 2.40. The SMILES string of the molecule is CCOC(=O)C1CC1/C=C/C(=O)OCc1ccccc1. The maximum Gasteiger partial charge on any atom is 0.330 e. The highest BCUT2D eigenvalue weighted by molar-refractivity contribution is 5.82. The molecule has 2 unspecified atom stereocenters. The van der Waals surface area contributed by atoms with Gasteiger partial charge in [0.15, 0.2) is 0 Å². The molecule has 1 aromatic carbocycles. The number of benzene rings is 1. The first-order chi connectivity index (χ1) is 9.70. The van der Waals surface area contributed by atoms with E-state index in [2.05, 4.69) is 0 Å². The number of carbonyl (C=O) groups is 2. The molecule has 1 aliphatic carbocycles. The maximum absolute atomic E-state index is 11.5. The van der Waals surface area contributed by atoms with Crippen LogP contribution in [0.1, 0.15) is 18.9 Å². The Morgan fingerprint density at radius 3 is 2.70 bits per heavy atom. The number of rotatable bonds is 6. The predicted molar refractivity (Wildman–Crippen MR) is 73.6 cm³/mol. The zero-order valence-corrected chi connectivity index (χ0v) is 11.5. The normalized spacial score (nSPS) is 20.6. The van der Waals surface area contributed by atoms with E-state index >= 15 is 0 Å². The smallest absolute Gasteiger partial charge is 0.330 e. The first-order valence-corrected chi connectivity index (χ1v) is 6.76. The van der Waals surface area contributed by atoms with Gasteiger partial charge in [-0.25, -0.2) is 4.79 Å². The second kappa shape index (κ2) is 6.89. The topological polar surface area (TPSA) is 52.6 Å². The van der Waals surface area contributed by atoms with E-state index in [0.717, 1.165) is 12.0 Å². The number of hydrogen-bond donors (Lipinski definition) is 0. The van der Waals surface area contributed by atoms with Crippen LogP contribution >= 0.6 is 0 Å². The molecule has 1 aromatic rings. The van der Waals surface area contributed by atoms with Gasteiger partial charge >= 0.3 is 11.9 Å². The highest BCUT2D eigenvalue weighted by atomic mass is 16.5. The van der Waals surface area contributed by atoms with Crippen LogP contribution in [-0.4, -0.2) is 18.5 Å². The third-order valence-electron chi connectivity index (χ3n) is 3.13. The average molecular weight is 274 g/mol. The molecule has 1 saturated carbocycles. The van der Waals surface area contributed by atoms with Gasteiger partial charge in [0.1, 0.15) is 6.61 Å². The molecule has 2 atom stereocenters. The van der Waals surface area contributed by atoms with Gasteiger partial charge in [-0.05, 0) is 24.8 Å². The van der Waals surface area contributed by atoms with Crippen molar-refractivity contribution in [3.8, 4) is 0 Å². The largest absolute Gasteiger partial charge is 0.466 e. The lowest BCUT2D eigenvalue weighted by Crippen LogP contribution is -2.07. The highest BCUT2D eigenvalue weighted by Gasteiger charge is 2.42. The molecule has 0 bridgehead atoms. The van der Waals surface area contributed by atoms with Crippen LogP contribution in [0.15, 0.2) is 42.5 Å². The van der Waals surface area contributed by atoms with E-state index in [1.165, 1.54) is 6.08 Å². The van der Waals surface area contributed by atoms with Crippen LogP contribution in [0.25, 0.3) is 0 Å². The van der Waals surface area contributed by atoms with Gasteiger partial charge in [-0.15, -0.1) is 0 Å². The van der Waals surface area contributed by atoms with Crippen LogP contribution < -0.4 is 0 Å². The second-order valence-corrected chi connectivity index (χ2v) is 4.71. The van der Waals surface area contributed by atoms with Gasteiger partial charge in [0.2, 0.25) is 0 Å². The summed E-state index contributed by atoms with van der Waals surface area (Å²) >= 11 is 0. The Hall–Kier alpha value is -2.10. The molecule has 1 aliphatic rings. The maximum atomic E-state index is 11.5. The lowest BCUT2D eigenvalue weighted by Gasteiger charge is -2.01. The fourth-order valence-electron chi connectivity index (χ4n) is 1.93. The van der Waals surface area contributed by atoms with Crippen LogP contribution in [0.5, 0.6) is 0 Å². The van der Waals surface area contributed by atoms with E-state index in [1.807, 2.05) is 30.3 Å².